The van der Waals surface area contributed by atoms with Gasteiger partial charge in [0.15, 0.2) is 0 Å². The SMILES string of the molecule is C=C(/C=C\C)C1=C(c2ccccc2F)NC(C(CCC)CCC)S1.C=CC.CC.CC1CCCC1. The second-order valence-corrected chi connectivity index (χ2v) is 10.2. The van der Waals surface area contributed by atoms with Gasteiger partial charge in [0.1, 0.15) is 5.82 Å². The molecule has 1 fully saturated rings. The average Bonchev–Trinajstić information content (AvgIpc) is 3.51. The van der Waals surface area contributed by atoms with Crippen LogP contribution >= 0.6 is 11.8 Å². The molecule has 0 radical (unpaired) electrons. The van der Waals surface area contributed by atoms with Gasteiger partial charge in [0, 0.05) is 10.5 Å². The Morgan fingerprint density at radius 2 is 1.66 bits per heavy atom. The normalized spacial score (nSPS) is 17.1. The maximum absolute atomic E-state index is 14.4. The highest BCUT2D eigenvalue weighted by atomic mass is 32.2. The fraction of sp³-hybridized carbons (Fsp3) is 0.562. The zero-order valence-corrected chi connectivity index (χ0v) is 24.4. The second kappa shape index (κ2) is 20.5. The van der Waals surface area contributed by atoms with Crippen LogP contribution in [0.4, 0.5) is 4.39 Å². The third-order valence-electron chi connectivity index (χ3n) is 5.95. The molecule has 198 valence electrons. The smallest absolute Gasteiger partial charge is 0.132 e. The molecule has 1 atom stereocenters. The van der Waals surface area contributed by atoms with E-state index in [1.165, 1.54) is 57.4 Å². The van der Waals surface area contributed by atoms with E-state index in [0.717, 1.165) is 22.1 Å². The van der Waals surface area contributed by atoms with Crippen molar-refractivity contribution in [1.82, 2.24) is 5.32 Å². The van der Waals surface area contributed by atoms with Crippen molar-refractivity contribution in [3.8, 4) is 0 Å². The van der Waals surface area contributed by atoms with Crippen molar-refractivity contribution in [2.45, 2.75) is 105 Å². The summed E-state index contributed by atoms with van der Waals surface area (Å²) in [5.74, 6) is 1.45. The van der Waals surface area contributed by atoms with E-state index in [0.29, 0.717) is 11.5 Å². The van der Waals surface area contributed by atoms with Gasteiger partial charge in [-0.2, -0.15) is 0 Å². The monoisotopic (exact) mass is 501 g/mol. The van der Waals surface area contributed by atoms with Gasteiger partial charge in [-0.15, -0.1) is 6.58 Å². The van der Waals surface area contributed by atoms with Crippen molar-refractivity contribution in [2.75, 3.05) is 0 Å². The Bertz CT molecular complexity index is 768. The number of benzene rings is 1. The number of allylic oxidation sites excluding steroid dienone is 4. The minimum absolute atomic E-state index is 0.186. The fourth-order valence-corrected chi connectivity index (χ4v) is 5.73. The molecule has 0 saturated heterocycles. The number of halogens is 1. The predicted octanol–water partition coefficient (Wildman–Crippen LogP) is 10.9. The van der Waals surface area contributed by atoms with Crippen molar-refractivity contribution >= 4 is 17.5 Å². The van der Waals surface area contributed by atoms with E-state index in [1.54, 1.807) is 12.1 Å². The minimum atomic E-state index is -0.186. The van der Waals surface area contributed by atoms with Gasteiger partial charge >= 0.3 is 0 Å². The van der Waals surface area contributed by atoms with Gasteiger partial charge < -0.3 is 5.32 Å². The Hall–Kier alpha value is -1.74. The molecule has 0 spiro atoms. The molecular formula is C32H52FNS. The summed E-state index contributed by atoms with van der Waals surface area (Å²) in [6.07, 6.45) is 16.4. The van der Waals surface area contributed by atoms with Crippen molar-refractivity contribution in [1.29, 1.82) is 0 Å². The molecule has 1 aliphatic carbocycles. The van der Waals surface area contributed by atoms with Crippen LogP contribution < -0.4 is 5.32 Å². The number of rotatable bonds is 8. The van der Waals surface area contributed by atoms with Crippen LogP contribution in [0.15, 0.2) is 66.1 Å². The molecular weight excluding hydrogens is 449 g/mol. The highest BCUT2D eigenvalue weighted by molar-refractivity contribution is 8.04. The zero-order chi connectivity index (χ0) is 26.6. The molecule has 0 bridgehead atoms. The third kappa shape index (κ3) is 12.2. The predicted molar refractivity (Wildman–Crippen MR) is 160 cm³/mol. The quantitative estimate of drug-likeness (QED) is 0.281. The van der Waals surface area contributed by atoms with Crippen LogP contribution in [0.2, 0.25) is 0 Å². The average molecular weight is 502 g/mol. The third-order valence-corrected chi connectivity index (χ3v) is 7.41. The van der Waals surface area contributed by atoms with Crippen molar-refractivity contribution < 1.29 is 4.39 Å². The molecule has 35 heavy (non-hydrogen) atoms. The summed E-state index contributed by atoms with van der Waals surface area (Å²) < 4.78 is 14.4. The van der Waals surface area contributed by atoms with Gasteiger partial charge in [-0.3, -0.25) is 0 Å². The lowest BCUT2D eigenvalue weighted by Gasteiger charge is -2.23. The second-order valence-electron chi connectivity index (χ2n) is 9.03. The highest BCUT2D eigenvalue weighted by Gasteiger charge is 2.32. The van der Waals surface area contributed by atoms with E-state index in [9.17, 15) is 4.39 Å². The Morgan fingerprint density at radius 3 is 2.09 bits per heavy atom. The molecule has 1 saturated carbocycles. The van der Waals surface area contributed by atoms with Gasteiger partial charge in [0.25, 0.3) is 0 Å². The van der Waals surface area contributed by atoms with E-state index in [1.807, 2.05) is 63.7 Å². The summed E-state index contributed by atoms with van der Waals surface area (Å²) in [5, 5.41) is 3.90. The minimum Gasteiger partial charge on any atom is -0.371 e. The van der Waals surface area contributed by atoms with Crippen molar-refractivity contribution in [2.24, 2.45) is 11.8 Å². The van der Waals surface area contributed by atoms with E-state index >= 15 is 0 Å². The first-order valence-electron chi connectivity index (χ1n) is 13.7. The van der Waals surface area contributed by atoms with Gasteiger partial charge in [-0.25, -0.2) is 4.39 Å². The van der Waals surface area contributed by atoms with E-state index in [-0.39, 0.29) is 11.2 Å². The van der Waals surface area contributed by atoms with Crippen LogP contribution in [0.5, 0.6) is 0 Å². The van der Waals surface area contributed by atoms with Gasteiger partial charge in [-0.1, -0.05) is 122 Å². The first kappa shape index (κ1) is 33.3. The standard InChI is InChI=1S/C21H28FNS.C6H12.C3H6.C2H6/c1-5-10-15(4)20-19(17-13-8-9-14-18(17)22)23-21(24-20)16(11-6-2)12-7-3;1-6-4-2-3-5-6;1-3-2;1-2/h5,8-10,13-14,16,21,23H,4,6-7,11-12H2,1-3H3;6H,2-5H2,1H3;3H,1H2,2H3;1-2H3/b10-5-;;;. The molecule has 0 amide bonds. The van der Waals surface area contributed by atoms with Gasteiger partial charge in [-0.05, 0) is 56.2 Å². The highest BCUT2D eigenvalue weighted by Crippen LogP contribution is 2.44. The van der Waals surface area contributed by atoms with Crippen LogP contribution in [0.25, 0.3) is 5.70 Å². The van der Waals surface area contributed by atoms with E-state index < -0.39 is 0 Å². The molecule has 3 rings (SSSR count). The molecule has 3 heteroatoms. The largest absolute Gasteiger partial charge is 0.371 e. The number of thioether (sulfide) groups is 1. The molecule has 1 unspecified atom stereocenters. The van der Waals surface area contributed by atoms with Crippen LogP contribution in [0.3, 0.4) is 0 Å². The Morgan fingerprint density at radius 1 is 1.11 bits per heavy atom. The summed E-state index contributed by atoms with van der Waals surface area (Å²) >= 11 is 1.81. The number of hydrogen-bond donors (Lipinski definition) is 1. The van der Waals surface area contributed by atoms with E-state index in [2.05, 4.69) is 39.2 Å². The maximum Gasteiger partial charge on any atom is 0.132 e. The summed E-state index contributed by atoms with van der Waals surface area (Å²) in [7, 11) is 0. The summed E-state index contributed by atoms with van der Waals surface area (Å²) in [6.45, 7) is 22.2. The first-order valence-corrected chi connectivity index (χ1v) is 14.6. The molecule has 1 aromatic carbocycles. The zero-order valence-electron chi connectivity index (χ0n) is 23.6. The fourth-order valence-electron chi connectivity index (χ4n) is 4.33. The summed E-state index contributed by atoms with van der Waals surface area (Å²) in [4.78, 5) is 1.07. The van der Waals surface area contributed by atoms with Crippen molar-refractivity contribution in [3.63, 3.8) is 0 Å². The molecule has 0 aromatic heterocycles. The molecule has 1 heterocycles. The van der Waals surface area contributed by atoms with Crippen LogP contribution in [0, 0.1) is 17.7 Å². The lowest BCUT2D eigenvalue weighted by atomic mass is 9.97. The molecule has 1 N–H and O–H groups in total. The summed E-state index contributed by atoms with van der Waals surface area (Å²) in [5.41, 5.74) is 2.48. The summed E-state index contributed by atoms with van der Waals surface area (Å²) in [6, 6.07) is 6.99. The Labute approximate surface area is 221 Å². The van der Waals surface area contributed by atoms with Crippen LogP contribution in [0.1, 0.15) is 105 Å². The molecule has 1 nitrogen and oxygen atoms in total. The molecule has 2 aliphatic rings. The first-order chi connectivity index (χ1) is 16.9. The topological polar surface area (TPSA) is 12.0 Å². The maximum atomic E-state index is 14.4. The lowest BCUT2D eigenvalue weighted by Crippen LogP contribution is -2.28. The lowest BCUT2D eigenvalue weighted by molar-refractivity contribution is 0.411. The van der Waals surface area contributed by atoms with Crippen LogP contribution in [-0.4, -0.2) is 5.37 Å². The Kier molecular flexibility index (Phi) is 19.4. The Balaban J connectivity index is 0.000000875. The number of hydrogen-bond acceptors (Lipinski definition) is 2. The number of nitrogens with one attached hydrogen (secondary N) is 1. The molecule has 1 aromatic rings. The van der Waals surface area contributed by atoms with Gasteiger partial charge in [0.05, 0.1) is 11.1 Å². The molecule has 1 aliphatic heterocycles. The van der Waals surface area contributed by atoms with Crippen LogP contribution in [-0.2, 0) is 0 Å². The van der Waals surface area contributed by atoms with E-state index in [4.69, 9.17) is 0 Å². The van der Waals surface area contributed by atoms with Gasteiger partial charge in [0.2, 0.25) is 0 Å². The van der Waals surface area contributed by atoms with Crippen molar-refractivity contribution in [3.05, 3.63) is 77.5 Å².